The van der Waals surface area contributed by atoms with Gasteiger partial charge in [-0.05, 0) is 61.7 Å². The molecule has 204 valence electrons. The van der Waals surface area contributed by atoms with Gasteiger partial charge in [0.1, 0.15) is 5.82 Å². The first kappa shape index (κ1) is 27.6. The molecule has 2 saturated heterocycles. The number of anilines is 1. The van der Waals surface area contributed by atoms with Gasteiger partial charge < -0.3 is 4.74 Å². The van der Waals surface area contributed by atoms with E-state index in [2.05, 4.69) is 20.8 Å². The van der Waals surface area contributed by atoms with Gasteiger partial charge in [-0.1, -0.05) is 27.3 Å². The summed E-state index contributed by atoms with van der Waals surface area (Å²) in [6.45, 7) is 5.15. The molecule has 0 spiro atoms. The molecule has 2 fully saturated rings. The minimum atomic E-state index is -3.74. The average molecular weight is 626 g/mol. The minimum Gasteiger partial charge on any atom is -0.379 e. The van der Waals surface area contributed by atoms with Crippen LogP contribution in [0.1, 0.15) is 19.3 Å². The molecule has 0 unspecified atom stereocenters. The first-order valence-corrected chi connectivity index (χ1v) is 15.8. The molecule has 2 aliphatic rings. The van der Waals surface area contributed by atoms with E-state index in [0.29, 0.717) is 24.5 Å². The van der Waals surface area contributed by atoms with Crippen molar-refractivity contribution in [3.05, 3.63) is 52.8 Å². The van der Waals surface area contributed by atoms with Gasteiger partial charge in [-0.15, -0.1) is 0 Å². The zero-order valence-corrected chi connectivity index (χ0v) is 24.1. The molecule has 1 amide bonds. The van der Waals surface area contributed by atoms with E-state index in [9.17, 15) is 17.6 Å². The van der Waals surface area contributed by atoms with Crippen LogP contribution in [0.2, 0.25) is 0 Å². The van der Waals surface area contributed by atoms with Gasteiger partial charge in [0.15, 0.2) is 5.13 Å². The van der Waals surface area contributed by atoms with E-state index in [1.165, 1.54) is 27.8 Å². The lowest BCUT2D eigenvalue weighted by Crippen LogP contribution is -2.45. The Morgan fingerprint density at radius 1 is 1.11 bits per heavy atom. The highest BCUT2D eigenvalue weighted by molar-refractivity contribution is 9.10. The fourth-order valence-electron chi connectivity index (χ4n) is 4.90. The number of amides is 1. The van der Waals surface area contributed by atoms with Gasteiger partial charge in [0.2, 0.25) is 15.9 Å². The molecule has 5 rings (SSSR count). The molecular weight excluding hydrogens is 595 g/mol. The molecule has 8 nitrogen and oxygen atoms in total. The summed E-state index contributed by atoms with van der Waals surface area (Å²) < 4.78 is 48.1. The minimum absolute atomic E-state index is 0.0103. The normalized spacial score (nSPS) is 18.2. The zero-order valence-electron chi connectivity index (χ0n) is 20.9. The molecule has 2 aromatic carbocycles. The number of sulfonamides is 1. The third kappa shape index (κ3) is 6.26. The number of benzene rings is 2. The summed E-state index contributed by atoms with van der Waals surface area (Å²) >= 11 is 5.00. The van der Waals surface area contributed by atoms with Gasteiger partial charge in [0, 0.05) is 49.7 Å². The maximum absolute atomic E-state index is 13.8. The smallest absolute Gasteiger partial charge is 0.243 e. The van der Waals surface area contributed by atoms with Crippen LogP contribution >= 0.6 is 27.3 Å². The fourth-order valence-corrected chi connectivity index (χ4v) is 7.92. The Balaban J connectivity index is 1.29. The lowest BCUT2D eigenvalue weighted by Gasteiger charge is -2.33. The summed E-state index contributed by atoms with van der Waals surface area (Å²) in [5, 5.41) is 0.673. The molecule has 3 heterocycles. The Hall–Kier alpha value is -1.96. The summed E-state index contributed by atoms with van der Waals surface area (Å²) in [5.41, 5.74) is 0.847. The van der Waals surface area contributed by atoms with Crippen molar-refractivity contribution < 1.29 is 22.3 Å². The summed E-state index contributed by atoms with van der Waals surface area (Å²) in [6, 6.07) is 10.7. The summed E-state index contributed by atoms with van der Waals surface area (Å²) in [7, 11) is -3.74. The maximum Gasteiger partial charge on any atom is 0.243 e. The summed E-state index contributed by atoms with van der Waals surface area (Å²) in [5.74, 6) is -0.787. The molecule has 12 heteroatoms. The second-order valence-electron chi connectivity index (χ2n) is 9.54. The molecule has 0 atom stereocenters. The number of halogens is 2. The first-order valence-electron chi connectivity index (χ1n) is 12.7. The van der Waals surface area contributed by atoms with Gasteiger partial charge >= 0.3 is 0 Å². The Labute approximate surface area is 234 Å². The Kier molecular flexibility index (Phi) is 8.75. The number of morpholine rings is 1. The molecule has 0 saturated carbocycles. The lowest BCUT2D eigenvalue weighted by molar-refractivity contribution is -0.123. The van der Waals surface area contributed by atoms with Crippen LogP contribution in [0.25, 0.3) is 10.2 Å². The van der Waals surface area contributed by atoms with E-state index in [-0.39, 0.29) is 29.8 Å². The molecule has 2 aliphatic heterocycles. The van der Waals surface area contributed by atoms with E-state index in [1.807, 2.05) is 18.2 Å². The fraction of sp³-hybridized carbons (Fsp3) is 0.462. The topological polar surface area (TPSA) is 83.1 Å². The van der Waals surface area contributed by atoms with Crippen LogP contribution in [0.15, 0.2) is 51.8 Å². The number of nitrogens with zero attached hydrogens (tertiary/aromatic N) is 4. The monoisotopic (exact) mass is 624 g/mol. The number of piperidine rings is 1. The molecule has 0 N–H and O–H groups in total. The van der Waals surface area contributed by atoms with E-state index < -0.39 is 15.8 Å². The van der Waals surface area contributed by atoms with Crippen LogP contribution in [0, 0.1) is 11.7 Å². The molecule has 38 heavy (non-hydrogen) atoms. The molecular formula is C26H30BrFN4O4S2. The molecule has 1 aromatic heterocycles. The zero-order chi connectivity index (χ0) is 26.7. The number of carbonyl (C=O) groups excluding carboxylic acids is 1. The van der Waals surface area contributed by atoms with E-state index in [1.54, 1.807) is 4.90 Å². The van der Waals surface area contributed by atoms with Crippen molar-refractivity contribution >= 4 is 58.5 Å². The molecule has 0 bridgehead atoms. The number of fused-ring (bicyclic) bond motifs is 1. The number of thiazole rings is 1. The average Bonchev–Trinajstić information content (AvgIpc) is 3.34. The Bertz CT molecular complexity index is 1370. The van der Waals surface area contributed by atoms with Gasteiger partial charge in [-0.25, -0.2) is 17.8 Å². The second-order valence-corrected chi connectivity index (χ2v) is 13.4. The van der Waals surface area contributed by atoms with Crippen LogP contribution in [0.4, 0.5) is 9.52 Å². The lowest BCUT2D eigenvalue weighted by atomic mass is 9.96. The third-order valence-corrected chi connectivity index (χ3v) is 10.5. The first-order chi connectivity index (χ1) is 18.3. The van der Waals surface area contributed by atoms with E-state index in [0.717, 1.165) is 66.1 Å². The van der Waals surface area contributed by atoms with Crippen molar-refractivity contribution in [2.45, 2.75) is 24.2 Å². The van der Waals surface area contributed by atoms with Crippen molar-refractivity contribution in [3.8, 4) is 0 Å². The van der Waals surface area contributed by atoms with Crippen LogP contribution in [0.5, 0.6) is 0 Å². The maximum atomic E-state index is 13.8. The van der Waals surface area contributed by atoms with Crippen LogP contribution < -0.4 is 4.90 Å². The number of hydrogen-bond acceptors (Lipinski definition) is 7. The Morgan fingerprint density at radius 3 is 2.53 bits per heavy atom. The van der Waals surface area contributed by atoms with Crippen molar-refractivity contribution in [3.63, 3.8) is 0 Å². The number of hydrogen-bond donors (Lipinski definition) is 0. The molecule has 3 aromatic rings. The summed E-state index contributed by atoms with van der Waals surface area (Å²) in [4.78, 5) is 22.8. The standard InChI is InChI=1S/C26H30BrFN4O4S2/c27-20-2-7-23-24(18-20)37-26(29-23)32(11-1-10-30-14-16-36-17-15-30)25(33)19-8-12-31(13-9-19)38(34,35)22-5-3-21(28)4-6-22/h2-7,18-19H,1,8-17H2. The van der Waals surface area contributed by atoms with Gasteiger partial charge in [-0.3, -0.25) is 14.6 Å². The molecule has 0 radical (unpaired) electrons. The van der Waals surface area contributed by atoms with Gasteiger partial charge in [0.05, 0.1) is 28.3 Å². The predicted octanol–water partition coefficient (Wildman–Crippen LogP) is 4.35. The van der Waals surface area contributed by atoms with E-state index in [4.69, 9.17) is 9.72 Å². The highest BCUT2D eigenvalue weighted by Crippen LogP contribution is 2.33. The summed E-state index contributed by atoms with van der Waals surface area (Å²) in [6.07, 6.45) is 1.66. The number of ether oxygens (including phenoxy) is 1. The quantitative estimate of drug-likeness (QED) is 0.370. The number of carbonyl (C=O) groups is 1. The molecule has 0 aliphatic carbocycles. The number of aromatic nitrogens is 1. The Morgan fingerprint density at radius 2 is 1.82 bits per heavy atom. The van der Waals surface area contributed by atoms with Crippen LogP contribution in [-0.2, 0) is 19.6 Å². The van der Waals surface area contributed by atoms with Crippen LogP contribution in [-0.4, -0.2) is 81.0 Å². The van der Waals surface area contributed by atoms with Crippen molar-refractivity contribution in [1.29, 1.82) is 0 Å². The number of rotatable bonds is 8. The van der Waals surface area contributed by atoms with Crippen molar-refractivity contribution in [2.75, 3.05) is 57.4 Å². The van der Waals surface area contributed by atoms with Crippen molar-refractivity contribution in [1.82, 2.24) is 14.2 Å². The predicted molar refractivity (Wildman–Crippen MR) is 149 cm³/mol. The highest BCUT2D eigenvalue weighted by Gasteiger charge is 2.35. The van der Waals surface area contributed by atoms with Gasteiger partial charge in [-0.2, -0.15) is 4.31 Å². The van der Waals surface area contributed by atoms with Crippen molar-refractivity contribution in [2.24, 2.45) is 5.92 Å². The largest absolute Gasteiger partial charge is 0.379 e. The third-order valence-electron chi connectivity index (χ3n) is 7.05. The van der Waals surface area contributed by atoms with E-state index >= 15 is 0 Å². The van der Waals surface area contributed by atoms with Gasteiger partial charge in [0.25, 0.3) is 0 Å². The second kappa shape index (κ2) is 12.1. The highest BCUT2D eigenvalue weighted by atomic mass is 79.9. The SMILES string of the molecule is O=C(C1CCN(S(=O)(=O)c2ccc(F)cc2)CC1)N(CCCN1CCOCC1)c1nc2ccc(Br)cc2s1. The van der Waals surface area contributed by atoms with Crippen LogP contribution in [0.3, 0.4) is 0 Å².